The molecule has 0 aliphatic carbocycles. The van der Waals surface area contributed by atoms with Crippen LogP contribution in [-0.4, -0.2) is 4.57 Å². The lowest BCUT2D eigenvalue weighted by Gasteiger charge is -2.28. The maximum atomic E-state index is 6.33. The van der Waals surface area contributed by atoms with E-state index < -0.39 is 0 Å². The molecular weight excluding hydrogens is 707 g/mol. The van der Waals surface area contributed by atoms with Crippen molar-refractivity contribution in [2.45, 2.75) is 0 Å². The van der Waals surface area contributed by atoms with E-state index in [9.17, 15) is 0 Å². The summed E-state index contributed by atoms with van der Waals surface area (Å²) >= 11 is 0. The van der Waals surface area contributed by atoms with Gasteiger partial charge in [0.05, 0.1) is 11.0 Å². The second-order valence-corrected chi connectivity index (χ2v) is 14.6. The fourth-order valence-electron chi connectivity index (χ4n) is 8.45. The SMILES string of the molecule is c1ccc(-c2ccc(N(c3ccc(N(c4ccccc4)c4ccccc4)cc3)c3ccc(-n4c5ccccc5c5cc6oc7ccccc7c6cc54)cc3)cc2)cc1. The van der Waals surface area contributed by atoms with E-state index in [-0.39, 0.29) is 0 Å². The minimum absolute atomic E-state index is 0.905. The van der Waals surface area contributed by atoms with Crippen molar-refractivity contribution in [2.24, 2.45) is 0 Å². The molecule has 9 aromatic carbocycles. The van der Waals surface area contributed by atoms with Gasteiger partial charge in [-0.1, -0.05) is 115 Å². The van der Waals surface area contributed by atoms with Gasteiger partial charge in [-0.15, -0.1) is 0 Å². The summed E-state index contributed by atoms with van der Waals surface area (Å²) in [5.74, 6) is 0. The summed E-state index contributed by atoms with van der Waals surface area (Å²) in [5.41, 5.74) is 14.1. The van der Waals surface area contributed by atoms with E-state index in [0.717, 1.165) is 72.8 Å². The zero-order valence-corrected chi connectivity index (χ0v) is 31.6. The molecule has 0 spiro atoms. The average Bonchev–Trinajstić information content (AvgIpc) is 3.82. The van der Waals surface area contributed by atoms with E-state index in [1.165, 1.54) is 21.9 Å². The number of rotatable bonds is 8. The predicted molar refractivity (Wildman–Crippen MR) is 243 cm³/mol. The number of furan rings is 1. The third-order valence-electron chi connectivity index (χ3n) is 11.2. The molecule has 0 atom stereocenters. The minimum Gasteiger partial charge on any atom is -0.456 e. The highest BCUT2D eigenvalue weighted by Gasteiger charge is 2.19. The summed E-state index contributed by atoms with van der Waals surface area (Å²) < 4.78 is 8.71. The van der Waals surface area contributed by atoms with Crippen molar-refractivity contribution in [2.75, 3.05) is 9.80 Å². The Balaban J connectivity index is 1.03. The van der Waals surface area contributed by atoms with Gasteiger partial charge in [0, 0.05) is 61.4 Å². The third-order valence-corrected chi connectivity index (χ3v) is 11.2. The molecule has 0 amide bonds. The summed E-state index contributed by atoms with van der Waals surface area (Å²) in [7, 11) is 0. The Hall–Kier alpha value is -7.82. The summed E-state index contributed by atoms with van der Waals surface area (Å²) in [6.45, 7) is 0. The number of benzene rings is 9. The lowest BCUT2D eigenvalue weighted by molar-refractivity contribution is 0.669. The molecule has 0 saturated heterocycles. The van der Waals surface area contributed by atoms with Crippen LogP contribution in [0, 0.1) is 0 Å². The van der Waals surface area contributed by atoms with Gasteiger partial charge >= 0.3 is 0 Å². The van der Waals surface area contributed by atoms with Crippen LogP contribution in [0.5, 0.6) is 0 Å². The zero-order chi connectivity index (χ0) is 38.4. The zero-order valence-electron chi connectivity index (χ0n) is 31.6. The minimum atomic E-state index is 0.905. The largest absolute Gasteiger partial charge is 0.456 e. The molecule has 11 aromatic rings. The van der Waals surface area contributed by atoms with Gasteiger partial charge in [0.2, 0.25) is 0 Å². The van der Waals surface area contributed by atoms with Crippen LogP contribution >= 0.6 is 0 Å². The molecule has 2 heterocycles. The van der Waals surface area contributed by atoms with Gasteiger partial charge in [0.1, 0.15) is 11.2 Å². The van der Waals surface area contributed by atoms with Crippen LogP contribution in [-0.2, 0) is 0 Å². The van der Waals surface area contributed by atoms with Crippen molar-refractivity contribution in [3.8, 4) is 16.8 Å². The Morgan fingerprint density at radius 3 is 1.34 bits per heavy atom. The number of fused-ring (bicyclic) bond motifs is 6. The van der Waals surface area contributed by atoms with Crippen LogP contribution in [0.3, 0.4) is 0 Å². The van der Waals surface area contributed by atoms with Crippen LogP contribution in [0.25, 0.3) is 60.6 Å². The first-order valence-corrected chi connectivity index (χ1v) is 19.7. The van der Waals surface area contributed by atoms with E-state index in [1.807, 2.05) is 12.1 Å². The molecule has 0 N–H and O–H groups in total. The molecule has 0 aliphatic heterocycles. The molecule has 4 nitrogen and oxygen atoms in total. The quantitative estimate of drug-likeness (QED) is 0.155. The van der Waals surface area contributed by atoms with Gasteiger partial charge in [0.15, 0.2) is 0 Å². The van der Waals surface area contributed by atoms with Gasteiger partial charge in [-0.05, 0) is 120 Å². The highest BCUT2D eigenvalue weighted by atomic mass is 16.3. The van der Waals surface area contributed by atoms with Crippen molar-refractivity contribution in [1.29, 1.82) is 0 Å². The number of anilines is 6. The van der Waals surface area contributed by atoms with Crippen molar-refractivity contribution >= 4 is 77.9 Å². The maximum absolute atomic E-state index is 6.33. The third kappa shape index (κ3) is 5.78. The highest BCUT2D eigenvalue weighted by Crippen LogP contribution is 2.42. The van der Waals surface area contributed by atoms with Crippen molar-refractivity contribution in [3.05, 3.63) is 224 Å². The summed E-state index contributed by atoms with van der Waals surface area (Å²) in [6.07, 6.45) is 0. The fraction of sp³-hybridized carbons (Fsp3) is 0. The van der Waals surface area contributed by atoms with E-state index in [2.05, 4.69) is 227 Å². The molecule has 0 bridgehead atoms. The molecular formula is C54H37N3O. The molecule has 0 unspecified atom stereocenters. The number of nitrogens with zero attached hydrogens (tertiary/aromatic N) is 3. The normalized spacial score (nSPS) is 11.4. The van der Waals surface area contributed by atoms with Gasteiger partial charge in [0.25, 0.3) is 0 Å². The van der Waals surface area contributed by atoms with E-state index >= 15 is 0 Å². The standard InChI is InChI=1S/C54H37N3O/c1-4-14-38(15-5-1)39-24-26-42(27-25-39)56(44-30-28-43(29-31-44)55(40-16-6-2-7-17-40)41-18-8-3-9-19-41)45-32-34-46(35-33-45)57-51-22-12-10-20-47(51)49-37-54-50(36-52(49)57)48-21-11-13-23-53(48)58-54/h1-37H. The molecule has 58 heavy (non-hydrogen) atoms. The monoisotopic (exact) mass is 743 g/mol. The highest BCUT2D eigenvalue weighted by molar-refractivity contribution is 6.17. The Morgan fingerprint density at radius 2 is 0.741 bits per heavy atom. The second-order valence-electron chi connectivity index (χ2n) is 14.6. The van der Waals surface area contributed by atoms with Crippen LogP contribution in [0.15, 0.2) is 229 Å². The molecule has 2 aromatic heterocycles. The van der Waals surface area contributed by atoms with Crippen LogP contribution in [0.1, 0.15) is 0 Å². The van der Waals surface area contributed by atoms with Crippen molar-refractivity contribution in [1.82, 2.24) is 4.57 Å². The molecule has 0 fully saturated rings. The second kappa shape index (κ2) is 14.0. The molecule has 0 saturated carbocycles. The van der Waals surface area contributed by atoms with Crippen molar-refractivity contribution in [3.63, 3.8) is 0 Å². The predicted octanol–water partition coefficient (Wildman–Crippen LogP) is 15.3. The fourth-order valence-corrected chi connectivity index (χ4v) is 8.45. The topological polar surface area (TPSA) is 24.6 Å². The van der Waals surface area contributed by atoms with E-state index in [1.54, 1.807) is 0 Å². The number of hydrogen-bond donors (Lipinski definition) is 0. The molecule has 0 aliphatic rings. The Morgan fingerprint density at radius 1 is 0.293 bits per heavy atom. The van der Waals surface area contributed by atoms with Gasteiger partial charge in [-0.3, -0.25) is 0 Å². The summed E-state index contributed by atoms with van der Waals surface area (Å²) in [5, 5.41) is 4.62. The van der Waals surface area contributed by atoms with Crippen LogP contribution in [0.2, 0.25) is 0 Å². The Kier molecular flexibility index (Phi) is 8.11. The first kappa shape index (κ1) is 33.5. The van der Waals surface area contributed by atoms with E-state index in [0.29, 0.717) is 0 Å². The van der Waals surface area contributed by atoms with Gasteiger partial charge in [-0.25, -0.2) is 0 Å². The number of para-hydroxylation sites is 4. The number of aromatic nitrogens is 1. The lowest BCUT2D eigenvalue weighted by Crippen LogP contribution is -2.12. The van der Waals surface area contributed by atoms with E-state index in [4.69, 9.17) is 4.42 Å². The first-order chi connectivity index (χ1) is 28.8. The summed E-state index contributed by atoms with van der Waals surface area (Å²) in [4.78, 5) is 4.63. The lowest BCUT2D eigenvalue weighted by atomic mass is 10.0. The van der Waals surface area contributed by atoms with Crippen LogP contribution in [0.4, 0.5) is 34.1 Å². The Bertz CT molecular complexity index is 3150. The summed E-state index contributed by atoms with van der Waals surface area (Å²) in [6, 6.07) is 79.8. The smallest absolute Gasteiger partial charge is 0.136 e. The van der Waals surface area contributed by atoms with Crippen LogP contribution < -0.4 is 9.80 Å². The first-order valence-electron chi connectivity index (χ1n) is 19.7. The Labute approximate surface area is 336 Å². The molecule has 274 valence electrons. The average molecular weight is 744 g/mol. The molecule has 0 radical (unpaired) electrons. The molecule has 11 rings (SSSR count). The van der Waals surface area contributed by atoms with Gasteiger partial charge < -0.3 is 18.8 Å². The number of hydrogen-bond acceptors (Lipinski definition) is 3. The molecule has 4 heteroatoms. The maximum Gasteiger partial charge on any atom is 0.136 e. The van der Waals surface area contributed by atoms with Gasteiger partial charge in [-0.2, -0.15) is 0 Å². The van der Waals surface area contributed by atoms with Crippen molar-refractivity contribution < 1.29 is 4.42 Å².